The van der Waals surface area contributed by atoms with E-state index in [1.807, 2.05) is 11.8 Å². The van der Waals surface area contributed by atoms with E-state index in [-0.39, 0.29) is 5.54 Å². The third-order valence-electron chi connectivity index (χ3n) is 3.32. The first-order chi connectivity index (χ1) is 8.96. The van der Waals surface area contributed by atoms with E-state index in [0.717, 1.165) is 18.1 Å². The summed E-state index contributed by atoms with van der Waals surface area (Å²) in [7, 11) is 2.12. The normalized spacial score (nSPS) is 19.7. The summed E-state index contributed by atoms with van der Waals surface area (Å²) in [6, 6.07) is 4.76. The van der Waals surface area contributed by atoms with Gasteiger partial charge in [0.1, 0.15) is 0 Å². The zero-order valence-corrected chi connectivity index (χ0v) is 13.1. The van der Waals surface area contributed by atoms with Gasteiger partial charge in [0.05, 0.1) is 5.69 Å². The molecule has 0 aliphatic carbocycles. The molecular formula is C14H24N4S. The quantitative estimate of drug-likeness (QED) is 0.916. The zero-order valence-electron chi connectivity index (χ0n) is 12.3. The molecule has 1 aliphatic rings. The maximum Gasteiger partial charge on any atom is 0.151 e. The lowest BCUT2D eigenvalue weighted by molar-refractivity contribution is 0.420. The van der Waals surface area contributed by atoms with Crippen LogP contribution in [0, 0.1) is 0 Å². The molecule has 1 aromatic rings. The van der Waals surface area contributed by atoms with Crippen LogP contribution in [0.5, 0.6) is 0 Å². The van der Waals surface area contributed by atoms with Gasteiger partial charge in [-0.3, -0.25) is 0 Å². The van der Waals surface area contributed by atoms with Crippen molar-refractivity contribution in [3.8, 4) is 0 Å². The maximum atomic E-state index is 4.35. The Kier molecular flexibility index (Phi) is 4.68. The van der Waals surface area contributed by atoms with Crippen molar-refractivity contribution < 1.29 is 0 Å². The van der Waals surface area contributed by atoms with Crippen LogP contribution in [0.2, 0.25) is 0 Å². The molecule has 1 unspecified atom stereocenters. The Morgan fingerprint density at radius 1 is 1.37 bits per heavy atom. The fourth-order valence-corrected chi connectivity index (χ4v) is 3.27. The third-order valence-corrected chi connectivity index (χ3v) is 4.47. The van der Waals surface area contributed by atoms with Gasteiger partial charge in [-0.05, 0) is 45.1 Å². The molecule has 1 aliphatic heterocycles. The van der Waals surface area contributed by atoms with Crippen molar-refractivity contribution >= 4 is 17.6 Å². The Hall–Kier alpha value is -0.810. The van der Waals surface area contributed by atoms with Crippen molar-refractivity contribution in [2.45, 2.75) is 45.3 Å². The molecule has 0 radical (unpaired) electrons. The van der Waals surface area contributed by atoms with E-state index < -0.39 is 0 Å². The van der Waals surface area contributed by atoms with Gasteiger partial charge in [0, 0.05) is 30.9 Å². The summed E-state index contributed by atoms with van der Waals surface area (Å²) in [6.07, 6.45) is 1.25. The van der Waals surface area contributed by atoms with Crippen LogP contribution < -0.4 is 10.2 Å². The molecule has 0 bridgehead atoms. The minimum atomic E-state index is 0.109. The lowest BCUT2D eigenvalue weighted by atomic mass is 10.1. The first-order valence-corrected chi connectivity index (χ1v) is 7.99. The monoisotopic (exact) mass is 280 g/mol. The average molecular weight is 280 g/mol. The molecule has 1 aromatic heterocycles. The number of rotatable bonds is 4. The minimum absolute atomic E-state index is 0.109. The molecule has 1 atom stereocenters. The predicted octanol–water partition coefficient (Wildman–Crippen LogP) is 2.31. The topological polar surface area (TPSA) is 41.0 Å². The van der Waals surface area contributed by atoms with Crippen LogP contribution in [0.25, 0.3) is 0 Å². The van der Waals surface area contributed by atoms with Crippen molar-refractivity contribution in [3.63, 3.8) is 0 Å². The van der Waals surface area contributed by atoms with Crippen LogP contribution in [-0.4, -0.2) is 40.3 Å². The second kappa shape index (κ2) is 6.09. The Balaban J connectivity index is 1.94. The Morgan fingerprint density at radius 3 is 2.68 bits per heavy atom. The summed E-state index contributed by atoms with van der Waals surface area (Å²) in [5.41, 5.74) is 1.10. The van der Waals surface area contributed by atoms with E-state index in [0.29, 0.717) is 6.04 Å². The number of aromatic nitrogens is 2. The highest BCUT2D eigenvalue weighted by atomic mass is 32.2. The van der Waals surface area contributed by atoms with Crippen molar-refractivity contribution in [2.75, 3.05) is 23.5 Å². The first-order valence-electron chi connectivity index (χ1n) is 6.84. The van der Waals surface area contributed by atoms with E-state index in [9.17, 15) is 0 Å². The Bertz CT molecular complexity index is 393. The van der Waals surface area contributed by atoms with Crippen molar-refractivity contribution in [2.24, 2.45) is 0 Å². The first kappa shape index (κ1) is 14.6. The van der Waals surface area contributed by atoms with Crippen LogP contribution >= 0.6 is 11.8 Å². The van der Waals surface area contributed by atoms with Crippen LogP contribution in [-0.2, 0) is 6.54 Å². The third kappa shape index (κ3) is 4.35. The smallest absolute Gasteiger partial charge is 0.151 e. The van der Waals surface area contributed by atoms with Crippen LogP contribution in [0.15, 0.2) is 12.1 Å². The molecule has 2 heterocycles. The molecular weight excluding hydrogens is 256 g/mol. The fourth-order valence-electron chi connectivity index (χ4n) is 2.01. The van der Waals surface area contributed by atoms with Gasteiger partial charge >= 0.3 is 0 Å². The van der Waals surface area contributed by atoms with Crippen molar-refractivity contribution in [1.29, 1.82) is 0 Å². The molecule has 4 nitrogen and oxygen atoms in total. The average Bonchev–Trinajstić information content (AvgIpc) is 2.89. The maximum absolute atomic E-state index is 4.35. The van der Waals surface area contributed by atoms with Gasteiger partial charge in [-0.1, -0.05) is 0 Å². The van der Waals surface area contributed by atoms with E-state index in [1.165, 1.54) is 17.9 Å². The van der Waals surface area contributed by atoms with Gasteiger partial charge in [0.2, 0.25) is 0 Å². The highest BCUT2D eigenvalue weighted by Crippen LogP contribution is 2.24. The van der Waals surface area contributed by atoms with Gasteiger partial charge in [-0.25, -0.2) is 0 Å². The number of anilines is 1. The van der Waals surface area contributed by atoms with Gasteiger partial charge in [-0.15, -0.1) is 5.10 Å². The highest BCUT2D eigenvalue weighted by Gasteiger charge is 2.21. The molecule has 0 spiro atoms. The lowest BCUT2D eigenvalue weighted by Crippen LogP contribution is -2.35. The predicted molar refractivity (Wildman–Crippen MR) is 82.8 cm³/mol. The van der Waals surface area contributed by atoms with E-state index in [2.05, 4.69) is 60.4 Å². The zero-order chi connectivity index (χ0) is 13.9. The van der Waals surface area contributed by atoms with Gasteiger partial charge in [-0.2, -0.15) is 16.9 Å². The molecule has 106 valence electrons. The minimum Gasteiger partial charge on any atom is -0.354 e. The molecule has 5 heteroatoms. The van der Waals surface area contributed by atoms with E-state index in [4.69, 9.17) is 0 Å². The van der Waals surface area contributed by atoms with Gasteiger partial charge in [0.25, 0.3) is 0 Å². The van der Waals surface area contributed by atoms with Crippen LogP contribution in [0.3, 0.4) is 0 Å². The highest BCUT2D eigenvalue weighted by molar-refractivity contribution is 7.99. The van der Waals surface area contributed by atoms with Gasteiger partial charge in [0.15, 0.2) is 5.82 Å². The lowest BCUT2D eigenvalue weighted by Gasteiger charge is -2.24. The number of nitrogens with zero attached hydrogens (tertiary/aromatic N) is 3. The Labute approximate surface area is 120 Å². The van der Waals surface area contributed by atoms with E-state index >= 15 is 0 Å². The number of nitrogens with one attached hydrogen (secondary N) is 1. The Morgan fingerprint density at radius 2 is 2.16 bits per heavy atom. The molecule has 19 heavy (non-hydrogen) atoms. The summed E-state index contributed by atoms with van der Waals surface area (Å²) in [6.45, 7) is 7.22. The SMILES string of the molecule is CN(c1ccc(CNC(C)(C)C)nn1)C1CCSC1. The van der Waals surface area contributed by atoms with E-state index in [1.54, 1.807) is 0 Å². The van der Waals surface area contributed by atoms with Crippen molar-refractivity contribution in [1.82, 2.24) is 15.5 Å². The molecule has 2 rings (SSSR count). The van der Waals surface area contributed by atoms with Crippen LogP contribution in [0.4, 0.5) is 5.82 Å². The standard InChI is InChI=1S/C14H24N4S/c1-14(2,3)15-9-11-5-6-13(17-16-11)18(4)12-7-8-19-10-12/h5-6,12,15H,7-10H2,1-4H3. The summed E-state index contributed by atoms with van der Waals surface area (Å²) in [5, 5.41) is 12.1. The summed E-state index contributed by atoms with van der Waals surface area (Å²) in [4.78, 5) is 2.26. The number of hydrogen-bond acceptors (Lipinski definition) is 5. The van der Waals surface area contributed by atoms with Gasteiger partial charge < -0.3 is 10.2 Å². The second-order valence-corrected chi connectivity index (χ2v) is 7.26. The molecule has 1 fully saturated rings. The summed E-state index contributed by atoms with van der Waals surface area (Å²) < 4.78 is 0. The molecule has 1 N–H and O–H groups in total. The summed E-state index contributed by atoms with van der Waals surface area (Å²) >= 11 is 2.02. The number of thioether (sulfide) groups is 1. The fraction of sp³-hybridized carbons (Fsp3) is 0.714. The largest absolute Gasteiger partial charge is 0.354 e. The molecule has 1 saturated heterocycles. The summed E-state index contributed by atoms with van der Waals surface area (Å²) in [5.74, 6) is 3.44. The van der Waals surface area contributed by atoms with Crippen molar-refractivity contribution in [3.05, 3.63) is 17.8 Å². The number of hydrogen-bond donors (Lipinski definition) is 1. The second-order valence-electron chi connectivity index (χ2n) is 6.11. The molecule has 0 saturated carbocycles. The van der Waals surface area contributed by atoms with Crippen LogP contribution in [0.1, 0.15) is 32.9 Å². The molecule has 0 amide bonds. The molecule has 0 aromatic carbocycles.